The molecule has 0 radical (unpaired) electrons. The molecule has 5 aromatic heterocycles. The predicted molar refractivity (Wildman–Crippen MR) is 304 cm³/mol. The number of pyridine rings is 2. The van der Waals surface area contributed by atoms with E-state index in [1.807, 2.05) is 12.1 Å². The van der Waals surface area contributed by atoms with Crippen LogP contribution in [0.15, 0.2) is 70.2 Å². The molecule has 0 aliphatic carbocycles. The van der Waals surface area contributed by atoms with Gasteiger partial charge in [-0.15, -0.1) is 39.0 Å². The van der Waals surface area contributed by atoms with Crippen molar-refractivity contribution in [3.05, 3.63) is 98.2 Å². The van der Waals surface area contributed by atoms with Gasteiger partial charge in [-0.25, -0.2) is 43.3 Å². The third kappa shape index (κ3) is 26.0. The molecule has 0 saturated carbocycles. The molecular weight excluding hydrogens is 1080 g/mol. The number of nitrogens with zero attached hydrogens (tertiary/aromatic N) is 6. The molecule has 79 heavy (non-hydrogen) atoms. The summed E-state index contributed by atoms with van der Waals surface area (Å²) in [5, 5.41) is 10.7. The Bertz CT molecular complexity index is 2820. The normalized spacial score (nSPS) is 11.9. The van der Waals surface area contributed by atoms with Gasteiger partial charge in [0.2, 0.25) is 4.80 Å². The van der Waals surface area contributed by atoms with E-state index in [1.54, 1.807) is 169 Å². The van der Waals surface area contributed by atoms with Gasteiger partial charge in [0.05, 0.1) is 54.5 Å². The van der Waals surface area contributed by atoms with Crippen LogP contribution in [0.4, 0.5) is 29.4 Å². The van der Waals surface area contributed by atoms with Crippen molar-refractivity contribution < 1.29 is 66.7 Å². The Morgan fingerprint density at radius 2 is 1.00 bits per heavy atom. The fourth-order valence-corrected chi connectivity index (χ4v) is 7.86. The van der Waals surface area contributed by atoms with E-state index in [4.69, 9.17) is 33.2 Å². The van der Waals surface area contributed by atoms with Crippen LogP contribution in [0.3, 0.4) is 0 Å². The summed E-state index contributed by atoms with van der Waals surface area (Å²) in [4.78, 5) is 105. The molecule has 0 bridgehead atoms. The predicted octanol–water partition coefficient (Wildman–Crippen LogP) is 11.9. The average molecular weight is 1150 g/mol. The van der Waals surface area contributed by atoms with Gasteiger partial charge in [0.1, 0.15) is 22.4 Å². The Morgan fingerprint density at radius 1 is 0.582 bits per heavy atom. The van der Waals surface area contributed by atoms with Gasteiger partial charge in [0, 0.05) is 40.9 Å². The van der Waals surface area contributed by atoms with Crippen LogP contribution in [0.25, 0.3) is 23.3 Å². The maximum Gasteiger partial charge on any atom is 0.436 e. The number of carbonyl (C=O) groups excluding carboxylic acids is 7. The number of amides is 3. The van der Waals surface area contributed by atoms with Gasteiger partial charge in [0.15, 0.2) is 10.3 Å². The second kappa shape index (κ2) is 31.1. The number of ether oxygens (including phenoxy) is 7. The number of hydrogen-bond donors (Lipinski definition) is 2. The molecule has 3 amide bonds. The molecule has 0 fully saturated rings. The number of esters is 3. The van der Waals surface area contributed by atoms with E-state index in [1.165, 1.54) is 22.7 Å². The van der Waals surface area contributed by atoms with Crippen LogP contribution in [0.1, 0.15) is 139 Å². The van der Waals surface area contributed by atoms with Gasteiger partial charge < -0.3 is 33.2 Å². The first-order valence-electron chi connectivity index (χ1n) is 24.2. The first kappa shape index (κ1) is 67.5. The summed E-state index contributed by atoms with van der Waals surface area (Å²) in [5.74, 6) is -1.48. The number of rotatable bonds is 13. The molecule has 0 aliphatic rings. The summed E-state index contributed by atoms with van der Waals surface area (Å²) in [6, 6.07) is 7.17. The zero-order valence-corrected chi connectivity index (χ0v) is 48.9. The molecule has 0 atom stereocenters. The van der Waals surface area contributed by atoms with Crippen molar-refractivity contribution >= 4 is 110 Å². The van der Waals surface area contributed by atoms with Gasteiger partial charge >= 0.3 is 42.3 Å². The monoisotopic (exact) mass is 1150 g/mol. The summed E-state index contributed by atoms with van der Waals surface area (Å²) < 4.78 is 37.1. The van der Waals surface area contributed by atoms with Crippen molar-refractivity contribution in [2.75, 3.05) is 30.5 Å². The number of hydrogen-bond acceptors (Lipinski definition) is 21. The summed E-state index contributed by atoms with van der Waals surface area (Å²) in [6.45, 7) is 26.8. The van der Waals surface area contributed by atoms with Crippen molar-refractivity contribution in [2.45, 2.75) is 140 Å². The third-order valence-electron chi connectivity index (χ3n) is 8.32. The van der Waals surface area contributed by atoms with E-state index in [0.29, 0.717) is 27.3 Å². The highest BCUT2D eigenvalue weighted by Gasteiger charge is 2.26. The largest absolute Gasteiger partial charge is 0.466 e. The number of nitrogens with one attached hydrogen (secondary N) is 2. The molecule has 25 heteroatoms. The van der Waals surface area contributed by atoms with Crippen LogP contribution < -0.4 is 15.4 Å². The molecule has 2 N–H and O–H groups in total. The molecule has 430 valence electrons. The second-order valence-corrected chi connectivity index (χ2v) is 22.4. The van der Waals surface area contributed by atoms with Crippen LogP contribution in [0.5, 0.6) is 0 Å². The summed E-state index contributed by atoms with van der Waals surface area (Å²) >= 11 is 3.41. The summed E-state index contributed by atoms with van der Waals surface area (Å²) in [7, 11) is 0. The van der Waals surface area contributed by atoms with E-state index in [9.17, 15) is 33.6 Å². The minimum absolute atomic E-state index is 0. The highest BCUT2D eigenvalue weighted by molar-refractivity contribution is 7.14. The molecule has 5 rings (SSSR count). The van der Waals surface area contributed by atoms with Crippen molar-refractivity contribution in [1.29, 1.82) is 0 Å². The molecule has 0 saturated heterocycles. The Balaban J connectivity index is 0.000000403. The Labute approximate surface area is 472 Å². The lowest BCUT2D eigenvalue weighted by molar-refractivity contribution is -0.142. The van der Waals surface area contributed by atoms with Crippen LogP contribution in [-0.2, 0) is 54.0 Å². The van der Waals surface area contributed by atoms with Crippen LogP contribution in [0.2, 0.25) is 0 Å². The van der Waals surface area contributed by atoms with E-state index in [2.05, 4.69) is 35.6 Å². The lowest BCUT2D eigenvalue weighted by Crippen LogP contribution is -2.34. The van der Waals surface area contributed by atoms with Crippen molar-refractivity contribution in [3.8, 4) is 0 Å². The Kier molecular flexibility index (Phi) is 26.5. The van der Waals surface area contributed by atoms with Gasteiger partial charge in [-0.2, -0.15) is 0 Å². The van der Waals surface area contributed by atoms with Gasteiger partial charge in [-0.05, 0) is 139 Å². The molecule has 5 heterocycles. The van der Waals surface area contributed by atoms with E-state index in [-0.39, 0.29) is 49.6 Å². The van der Waals surface area contributed by atoms with Gasteiger partial charge in [-0.1, -0.05) is 19.6 Å². The molecule has 0 unspecified atom stereocenters. The first-order chi connectivity index (χ1) is 36.4. The van der Waals surface area contributed by atoms with E-state index >= 15 is 0 Å². The minimum atomic E-state index is -0.834. The van der Waals surface area contributed by atoms with Gasteiger partial charge in [0.25, 0.3) is 0 Å². The van der Waals surface area contributed by atoms with Crippen molar-refractivity contribution in [2.24, 2.45) is 4.99 Å². The van der Waals surface area contributed by atoms with Gasteiger partial charge in [-0.3, -0.25) is 25.4 Å². The number of carbonyl (C=O) groups is 7. The van der Waals surface area contributed by atoms with E-state index in [0.717, 1.165) is 27.0 Å². The lowest BCUT2D eigenvalue weighted by atomic mass is 10.1. The molecule has 0 aromatic carbocycles. The highest BCUT2D eigenvalue weighted by atomic mass is 32.1. The quantitative estimate of drug-likeness (QED) is 0.0629. The molecule has 0 spiro atoms. The maximum absolute atomic E-state index is 12.6. The summed E-state index contributed by atoms with van der Waals surface area (Å²) in [6.07, 6.45) is 6.93. The third-order valence-corrected chi connectivity index (χ3v) is 10.7. The summed E-state index contributed by atoms with van der Waals surface area (Å²) in [5.41, 5.74) is 0.494. The minimum Gasteiger partial charge on any atom is -0.466 e. The average Bonchev–Trinajstić information content (AvgIpc) is 4.07. The SMILES string of the molecule is C.CCOC(=O)/C(=C/c1cccnc1)c1csc(NC(=O)OC(C)(C)C)n1.CCOC(=O)/C(=C\c1cccnc1)c1csc(NC(=O)OC(C)(C)C)n1.CCOC(=O)Cc1csc(=NC(=O)OC(C)(C)C)n1C(=O)OC(C)(C)C. The van der Waals surface area contributed by atoms with Crippen LogP contribution >= 0.6 is 34.0 Å². The Morgan fingerprint density at radius 3 is 1.37 bits per heavy atom. The zero-order chi connectivity index (χ0) is 58.4. The fraction of sp³-hybridized carbons (Fsp3) is 0.444. The second-order valence-electron chi connectivity index (χ2n) is 19.9. The van der Waals surface area contributed by atoms with E-state index < -0.39 is 64.7 Å². The standard InChI is InChI=1S/2C18H21N3O4S.C17H26N2O6S.CH4/c2*1-5-24-15(22)13(9-12-7-6-8-19-10-12)14-11-26-16(20-14)21-17(23)25-18(2,3)4;1-8-23-12(20)9-11-10-26-13(18-14(21)24-16(2,3)4)19(11)15(22)25-17(5,6)7;/h2*6-11H,5H2,1-4H3,(H,20,21,23);10H,8-9H2,1-7H3;1H4/b13-9+;13-9-;;. The zero-order valence-electron chi connectivity index (χ0n) is 46.5. The van der Waals surface area contributed by atoms with Crippen molar-refractivity contribution in [3.63, 3.8) is 0 Å². The molecule has 0 aliphatic heterocycles. The number of aromatic nitrogens is 5. The maximum atomic E-state index is 12.6. The molecule has 22 nitrogen and oxygen atoms in total. The number of anilines is 2. The van der Waals surface area contributed by atoms with Crippen LogP contribution in [0, 0.1) is 0 Å². The fourth-order valence-electron chi connectivity index (χ4n) is 5.61. The lowest BCUT2D eigenvalue weighted by Gasteiger charge is -2.20. The van der Waals surface area contributed by atoms with Crippen LogP contribution in [-0.4, -0.2) is 109 Å². The molecule has 5 aromatic rings. The molecular formula is C54H72N8O14S3. The number of thiazole rings is 3. The Hall–Kier alpha value is -7.64. The first-order valence-corrected chi connectivity index (χ1v) is 26.9. The smallest absolute Gasteiger partial charge is 0.436 e. The topological polar surface area (TPSA) is 277 Å². The highest BCUT2D eigenvalue weighted by Crippen LogP contribution is 2.27. The van der Waals surface area contributed by atoms with Crippen molar-refractivity contribution in [1.82, 2.24) is 24.5 Å².